The van der Waals surface area contributed by atoms with E-state index >= 15 is 0 Å². The first-order valence-corrected chi connectivity index (χ1v) is 8.46. The van der Waals surface area contributed by atoms with Crippen molar-refractivity contribution in [3.05, 3.63) is 58.5 Å². The summed E-state index contributed by atoms with van der Waals surface area (Å²) in [6.07, 6.45) is 6.39. The predicted octanol–water partition coefficient (Wildman–Crippen LogP) is 2.71. The highest BCUT2D eigenvalue weighted by molar-refractivity contribution is 7.06. The molecule has 1 aromatic carbocycles. The van der Waals surface area contributed by atoms with Crippen molar-refractivity contribution in [2.24, 2.45) is 5.10 Å². The Morgan fingerprint density at radius 2 is 2.29 bits per heavy atom. The summed E-state index contributed by atoms with van der Waals surface area (Å²) in [7, 11) is 0. The van der Waals surface area contributed by atoms with Crippen molar-refractivity contribution < 1.29 is 9.18 Å². The normalized spacial score (nSPS) is 16.3. The molecule has 24 heavy (non-hydrogen) atoms. The van der Waals surface area contributed by atoms with Gasteiger partial charge in [-0.1, -0.05) is 12.1 Å². The predicted molar refractivity (Wildman–Crippen MR) is 90.8 cm³/mol. The van der Waals surface area contributed by atoms with Crippen LogP contribution < -0.4 is 0 Å². The van der Waals surface area contributed by atoms with Crippen LogP contribution in [0, 0.1) is 5.82 Å². The molecule has 2 aliphatic heterocycles. The van der Waals surface area contributed by atoms with Crippen LogP contribution in [0.15, 0.2) is 41.8 Å². The molecule has 4 rings (SSSR count). The number of hydrogen-bond donors (Lipinski definition) is 0. The van der Waals surface area contributed by atoms with Gasteiger partial charge in [0.1, 0.15) is 5.82 Å². The number of hydrogen-bond acceptors (Lipinski definition) is 5. The summed E-state index contributed by atoms with van der Waals surface area (Å²) in [5, 5.41) is 5.85. The molecular weight excluding hydrogens is 327 g/mol. The van der Waals surface area contributed by atoms with E-state index in [2.05, 4.69) is 9.47 Å². The molecule has 3 heterocycles. The molecule has 0 aliphatic carbocycles. The smallest absolute Gasteiger partial charge is 0.262 e. The third-order valence-electron chi connectivity index (χ3n) is 4.07. The Morgan fingerprint density at radius 3 is 3.17 bits per heavy atom. The maximum absolute atomic E-state index is 13.3. The number of nitrogens with zero attached hydrogens (tertiary/aromatic N) is 4. The second kappa shape index (κ2) is 6.16. The van der Waals surface area contributed by atoms with Gasteiger partial charge in [-0.25, -0.2) is 13.8 Å². The molecule has 7 heteroatoms. The fraction of sp³-hybridized carbons (Fsp3) is 0.235. The van der Waals surface area contributed by atoms with Crippen molar-refractivity contribution in [2.75, 3.05) is 13.1 Å². The summed E-state index contributed by atoms with van der Waals surface area (Å²) < 4.78 is 17.5. The van der Waals surface area contributed by atoms with Gasteiger partial charge in [0.25, 0.3) is 5.91 Å². The fourth-order valence-corrected chi connectivity index (χ4v) is 3.49. The molecule has 0 bridgehead atoms. The Labute approximate surface area is 142 Å². The number of rotatable bonds is 3. The van der Waals surface area contributed by atoms with E-state index < -0.39 is 0 Å². The second-order valence-electron chi connectivity index (χ2n) is 5.76. The highest BCUT2D eigenvalue weighted by atomic mass is 32.1. The van der Waals surface area contributed by atoms with Crippen molar-refractivity contribution in [1.82, 2.24) is 14.3 Å². The van der Waals surface area contributed by atoms with Crippen LogP contribution in [0.5, 0.6) is 0 Å². The Balaban J connectivity index is 1.42. The average Bonchev–Trinajstić information content (AvgIpc) is 3.24. The number of fused-ring (bicyclic) bond motifs is 1. The number of halogens is 1. The summed E-state index contributed by atoms with van der Waals surface area (Å²) in [5.74, 6) is -0.351. The van der Waals surface area contributed by atoms with Gasteiger partial charge >= 0.3 is 0 Å². The van der Waals surface area contributed by atoms with Gasteiger partial charge in [0.2, 0.25) is 0 Å². The van der Waals surface area contributed by atoms with Crippen molar-refractivity contribution >= 4 is 29.2 Å². The van der Waals surface area contributed by atoms with E-state index in [-0.39, 0.29) is 18.3 Å². The molecule has 1 amide bonds. The van der Waals surface area contributed by atoms with Gasteiger partial charge in [-0.05, 0) is 29.7 Å². The summed E-state index contributed by atoms with van der Waals surface area (Å²) in [5.41, 5.74) is 2.62. The average molecular weight is 342 g/mol. The topological polar surface area (TPSA) is 48.8 Å². The van der Waals surface area contributed by atoms with Gasteiger partial charge in [0.05, 0.1) is 23.7 Å². The van der Waals surface area contributed by atoms with E-state index in [1.807, 2.05) is 29.4 Å². The third-order valence-corrected chi connectivity index (χ3v) is 4.88. The van der Waals surface area contributed by atoms with Gasteiger partial charge in [-0.2, -0.15) is 5.10 Å². The summed E-state index contributed by atoms with van der Waals surface area (Å²) >= 11 is 1.46. The maximum Gasteiger partial charge on any atom is 0.262 e. The molecule has 0 radical (unpaired) electrons. The number of hydrazone groups is 1. The van der Waals surface area contributed by atoms with Crippen LogP contribution in [-0.4, -0.2) is 39.0 Å². The van der Waals surface area contributed by atoms with Crippen molar-refractivity contribution in [1.29, 1.82) is 0 Å². The summed E-state index contributed by atoms with van der Waals surface area (Å²) in [6.45, 7) is 1.49. The van der Waals surface area contributed by atoms with E-state index in [9.17, 15) is 9.18 Å². The van der Waals surface area contributed by atoms with Crippen LogP contribution in [0.3, 0.4) is 0 Å². The Morgan fingerprint density at radius 1 is 1.38 bits per heavy atom. The highest BCUT2D eigenvalue weighted by Gasteiger charge is 2.24. The number of aromatic nitrogens is 1. The third kappa shape index (κ3) is 2.94. The zero-order valence-corrected chi connectivity index (χ0v) is 13.7. The zero-order valence-electron chi connectivity index (χ0n) is 12.9. The van der Waals surface area contributed by atoms with Gasteiger partial charge in [0.15, 0.2) is 0 Å². The molecular formula is C17H15FN4OS. The summed E-state index contributed by atoms with van der Waals surface area (Å²) in [4.78, 5) is 15.6. The molecule has 5 nitrogen and oxygen atoms in total. The number of amides is 1. The minimum atomic E-state index is -0.293. The monoisotopic (exact) mass is 342 g/mol. The lowest BCUT2D eigenvalue weighted by Gasteiger charge is -2.24. The molecule has 2 aliphatic rings. The van der Waals surface area contributed by atoms with Crippen molar-refractivity contribution in [3.8, 4) is 0 Å². The molecule has 2 aromatic rings. The largest absolute Gasteiger partial charge is 0.364 e. The minimum absolute atomic E-state index is 0.0577. The van der Waals surface area contributed by atoms with Gasteiger partial charge < -0.3 is 4.90 Å². The Kier molecular flexibility index (Phi) is 3.86. The van der Waals surface area contributed by atoms with Crippen molar-refractivity contribution in [3.63, 3.8) is 0 Å². The molecule has 0 fully saturated rings. The maximum atomic E-state index is 13.3. The highest BCUT2D eigenvalue weighted by Crippen LogP contribution is 2.23. The van der Waals surface area contributed by atoms with Crippen LogP contribution in [0.4, 0.5) is 4.39 Å². The fourth-order valence-electron chi connectivity index (χ4n) is 2.84. The first-order chi connectivity index (χ1) is 11.7. The lowest BCUT2D eigenvalue weighted by molar-refractivity contribution is -0.131. The number of carbonyl (C=O) groups excluding carboxylic acids is 1. The lowest BCUT2D eigenvalue weighted by atomic mass is 10.1. The van der Waals surface area contributed by atoms with Crippen LogP contribution in [0.1, 0.15) is 22.4 Å². The Hall–Kier alpha value is -2.54. The van der Waals surface area contributed by atoms with E-state index in [1.165, 1.54) is 28.7 Å². The van der Waals surface area contributed by atoms with Gasteiger partial charge in [-0.15, -0.1) is 0 Å². The standard InChI is InChI=1S/C17H15FN4OS/c18-14-3-1-2-12(8-14)15-4-7-22(20-15)17(23)11-21-6-5-16-13(10-21)9-19-24-16/h1-3,5-6,8-9H,4,7,10-11H2. The van der Waals surface area contributed by atoms with Crippen LogP contribution in [0.25, 0.3) is 6.08 Å². The van der Waals surface area contributed by atoms with E-state index in [4.69, 9.17) is 0 Å². The van der Waals surface area contributed by atoms with E-state index in [0.29, 0.717) is 19.5 Å². The minimum Gasteiger partial charge on any atom is -0.364 e. The molecule has 0 N–H and O–H groups in total. The van der Waals surface area contributed by atoms with Crippen LogP contribution in [-0.2, 0) is 11.3 Å². The molecule has 122 valence electrons. The van der Waals surface area contributed by atoms with E-state index in [0.717, 1.165) is 21.7 Å². The van der Waals surface area contributed by atoms with Gasteiger partial charge in [-0.3, -0.25) is 4.79 Å². The molecule has 0 unspecified atom stereocenters. The molecule has 0 atom stereocenters. The van der Waals surface area contributed by atoms with Crippen molar-refractivity contribution in [2.45, 2.75) is 13.0 Å². The van der Waals surface area contributed by atoms with Gasteiger partial charge in [0, 0.05) is 36.5 Å². The van der Waals surface area contributed by atoms with E-state index in [1.54, 1.807) is 6.07 Å². The first-order valence-electron chi connectivity index (χ1n) is 7.68. The zero-order chi connectivity index (χ0) is 16.5. The van der Waals surface area contributed by atoms with Crippen LogP contribution in [0.2, 0.25) is 0 Å². The molecule has 0 saturated carbocycles. The quantitative estimate of drug-likeness (QED) is 0.862. The molecule has 0 spiro atoms. The SMILES string of the molecule is O=C(CN1C=Cc2sncc2C1)N1CCC(c2cccc(F)c2)=N1. The number of benzene rings is 1. The summed E-state index contributed by atoms with van der Waals surface area (Å²) in [6, 6.07) is 6.32. The first kappa shape index (κ1) is 15.0. The lowest BCUT2D eigenvalue weighted by Crippen LogP contribution is -2.34. The molecule has 1 aromatic heterocycles. The Bertz CT molecular complexity index is 845. The molecule has 0 saturated heterocycles. The second-order valence-corrected chi connectivity index (χ2v) is 6.59. The number of carbonyl (C=O) groups is 1. The van der Waals surface area contributed by atoms with Crippen LogP contribution >= 0.6 is 11.5 Å².